The van der Waals surface area contributed by atoms with Gasteiger partial charge >= 0.3 is 5.97 Å². The fourth-order valence-electron chi connectivity index (χ4n) is 2.79. The molecule has 0 aromatic heterocycles. The minimum absolute atomic E-state index is 0.115. The number of fused-ring (bicyclic) bond motifs is 1. The number of amides is 2. The van der Waals surface area contributed by atoms with E-state index in [-0.39, 0.29) is 18.4 Å². The number of piperazine rings is 1. The second-order valence-corrected chi connectivity index (χ2v) is 5.02. The van der Waals surface area contributed by atoms with E-state index in [1.807, 2.05) is 0 Å². The van der Waals surface area contributed by atoms with E-state index in [0.29, 0.717) is 13.0 Å². The van der Waals surface area contributed by atoms with E-state index < -0.39 is 29.8 Å². The van der Waals surface area contributed by atoms with Gasteiger partial charge in [0.15, 0.2) is 0 Å². The molecule has 2 aliphatic heterocycles. The van der Waals surface area contributed by atoms with Crippen LogP contribution in [0.4, 0.5) is 0 Å². The Labute approximate surface area is 116 Å². The number of nitrogens with zero attached hydrogens (tertiary/aromatic N) is 1. The summed E-state index contributed by atoms with van der Waals surface area (Å²) in [6.07, 6.45) is 1.37. The average Bonchev–Trinajstić information content (AvgIpc) is 2.85. The van der Waals surface area contributed by atoms with Gasteiger partial charge in [0.25, 0.3) is 0 Å². The first-order valence-corrected chi connectivity index (χ1v) is 6.75. The van der Waals surface area contributed by atoms with E-state index in [1.165, 1.54) is 11.8 Å². The van der Waals surface area contributed by atoms with E-state index in [1.54, 1.807) is 6.92 Å². The molecular formula is C13H18N2O5. The lowest BCUT2D eigenvalue weighted by Crippen LogP contribution is -2.65. The summed E-state index contributed by atoms with van der Waals surface area (Å²) in [7, 11) is 0. The van der Waals surface area contributed by atoms with E-state index in [0.717, 1.165) is 6.42 Å². The van der Waals surface area contributed by atoms with Gasteiger partial charge in [-0.3, -0.25) is 19.2 Å². The first-order chi connectivity index (χ1) is 9.47. The third-order valence-corrected chi connectivity index (χ3v) is 3.71. The topological polar surface area (TPSA) is 92.8 Å². The van der Waals surface area contributed by atoms with Crippen molar-refractivity contribution in [1.29, 1.82) is 0 Å². The quantitative estimate of drug-likeness (QED) is 0.540. The second-order valence-electron chi connectivity index (χ2n) is 5.02. The average molecular weight is 282 g/mol. The van der Waals surface area contributed by atoms with Crippen LogP contribution in [0.3, 0.4) is 0 Å². The molecule has 0 aromatic rings. The third kappa shape index (κ3) is 2.39. The molecule has 7 nitrogen and oxygen atoms in total. The Balaban J connectivity index is 2.24. The Hall–Kier alpha value is -1.92. The second kappa shape index (κ2) is 5.60. The van der Waals surface area contributed by atoms with Gasteiger partial charge in [-0.25, -0.2) is 0 Å². The van der Waals surface area contributed by atoms with Crippen LogP contribution >= 0.6 is 0 Å². The Morgan fingerprint density at radius 1 is 1.45 bits per heavy atom. The zero-order chi connectivity index (χ0) is 14.9. The number of hydrogen-bond acceptors (Lipinski definition) is 5. The monoisotopic (exact) mass is 282 g/mol. The molecule has 3 atom stereocenters. The standard InChI is InChI=1S/C13H18N2O5/c1-3-20-13(19)9(7(2)16)10-12(18)15-6-4-5-8(15)11(17)14-10/h8-10H,3-6H2,1-2H3,(H,14,17)/t8-,9?,10+/m0/s1. The van der Waals surface area contributed by atoms with Gasteiger partial charge in [0, 0.05) is 6.54 Å². The molecule has 7 heteroatoms. The van der Waals surface area contributed by atoms with Gasteiger partial charge in [0.2, 0.25) is 11.8 Å². The highest BCUT2D eigenvalue weighted by Crippen LogP contribution is 2.25. The van der Waals surface area contributed by atoms with Crippen molar-refractivity contribution in [2.45, 2.75) is 38.8 Å². The number of nitrogens with one attached hydrogen (secondary N) is 1. The molecule has 0 saturated carbocycles. The number of carbonyl (C=O) groups is 4. The predicted octanol–water partition coefficient (Wildman–Crippen LogP) is -0.756. The zero-order valence-electron chi connectivity index (χ0n) is 11.5. The van der Waals surface area contributed by atoms with Gasteiger partial charge in [0.05, 0.1) is 6.61 Å². The molecule has 110 valence electrons. The minimum Gasteiger partial charge on any atom is -0.465 e. The van der Waals surface area contributed by atoms with Crippen molar-refractivity contribution >= 4 is 23.6 Å². The molecule has 0 aliphatic carbocycles. The Morgan fingerprint density at radius 2 is 2.15 bits per heavy atom. The molecule has 0 aromatic carbocycles. The van der Waals surface area contributed by atoms with Gasteiger partial charge in [-0.05, 0) is 26.7 Å². The molecule has 0 spiro atoms. The summed E-state index contributed by atoms with van der Waals surface area (Å²) in [5.74, 6) is -3.20. The normalized spacial score (nSPS) is 26.8. The fourth-order valence-corrected chi connectivity index (χ4v) is 2.79. The van der Waals surface area contributed by atoms with E-state index in [9.17, 15) is 19.2 Å². The number of rotatable bonds is 4. The van der Waals surface area contributed by atoms with Gasteiger partial charge in [-0.15, -0.1) is 0 Å². The van der Waals surface area contributed by atoms with E-state index in [4.69, 9.17) is 4.74 Å². The molecule has 2 saturated heterocycles. The number of carbonyl (C=O) groups excluding carboxylic acids is 4. The Morgan fingerprint density at radius 3 is 2.75 bits per heavy atom. The van der Waals surface area contributed by atoms with Crippen LogP contribution in [0.5, 0.6) is 0 Å². The summed E-state index contributed by atoms with van der Waals surface area (Å²) in [4.78, 5) is 49.3. The molecule has 2 aliphatic rings. The summed E-state index contributed by atoms with van der Waals surface area (Å²) in [6, 6.07) is -1.61. The number of ether oxygens (including phenoxy) is 1. The number of Topliss-reactive ketones (excluding diaryl/α,β-unsaturated/α-hetero) is 1. The summed E-state index contributed by atoms with van der Waals surface area (Å²) in [5, 5.41) is 2.51. The predicted molar refractivity (Wildman–Crippen MR) is 67.5 cm³/mol. The SMILES string of the molecule is CCOC(=O)C(C(C)=O)[C@H]1NC(=O)[C@@H]2CCCN2C1=O. The molecule has 20 heavy (non-hydrogen) atoms. The molecule has 1 unspecified atom stereocenters. The lowest BCUT2D eigenvalue weighted by atomic mass is 9.92. The van der Waals surface area contributed by atoms with Crippen LogP contribution in [0, 0.1) is 5.92 Å². The minimum atomic E-state index is -1.27. The van der Waals surface area contributed by atoms with Crippen LogP contribution in [0.2, 0.25) is 0 Å². The van der Waals surface area contributed by atoms with Gasteiger partial charge in [-0.1, -0.05) is 0 Å². The van der Waals surface area contributed by atoms with Crippen LogP contribution in [0.1, 0.15) is 26.7 Å². The van der Waals surface area contributed by atoms with E-state index in [2.05, 4.69) is 5.32 Å². The highest BCUT2D eigenvalue weighted by molar-refractivity contribution is 6.07. The molecule has 0 radical (unpaired) electrons. The van der Waals surface area contributed by atoms with E-state index >= 15 is 0 Å². The first kappa shape index (κ1) is 14.5. The number of ketones is 1. The highest BCUT2D eigenvalue weighted by Gasteiger charge is 2.49. The smallest absolute Gasteiger partial charge is 0.319 e. The van der Waals surface area contributed by atoms with Crippen molar-refractivity contribution in [1.82, 2.24) is 10.2 Å². The maximum absolute atomic E-state index is 12.4. The number of hydrogen-bond donors (Lipinski definition) is 1. The first-order valence-electron chi connectivity index (χ1n) is 6.75. The van der Waals surface area contributed by atoms with Crippen LogP contribution in [-0.2, 0) is 23.9 Å². The molecule has 2 heterocycles. The molecule has 2 amide bonds. The van der Waals surface area contributed by atoms with Gasteiger partial charge in [0.1, 0.15) is 23.8 Å². The highest BCUT2D eigenvalue weighted by atomic mass is 16.5. The molecule has 0 bridgehead atoms. The van der Waals surface area contributed by atoms with Crippen LogP contribution in [0.15, 0.2) is 0 Å². The fraction of sp³-hybridized carbons (Fsp3) is 0.692. The maximum atomic E-state index is 12.4. The van der Waals surface area contributed by atoms with Gasteiger partial charge in [-0.2, -0.15) is 0 Å². The Bertz CT molecular complexity index is 462. The van der Waals surface area contributed by atoms with Gasteiger partial charge < -0.3 is 15.0 Å². The van der Waals surface area contributed by atoms with Crippen molar-refractivity contribution in [2.24, 2.45) is 5.92 Å². The lowest BCUT2D eigenvalue weighted by Gasteiger charge is -2.36. The maximum Gasteiger partial charge on any atom is 0.319 e. The zero-order valence-corrected chi connectivity index (χ0v) is 11.5. The van der Waals surface area contributed by atoms with Crippen LogP contribution in [0.25, 0.3) is 0 Å². The van der Waals surface area contributed by atoms with Crippen LogP contribution in [-0.4, -0.2) is 53.7 Å². The van der Waals surface area contributed by atoms with Crippen molar-refractivity contribution < 1.29 is 23.9 Å². The molecular weight excluding hydrogens is 264 g/mol. The molecule has 2 fully saturated rings. The Kier molecular flexibility index (Phi) is 4.06. The van der Waals surface area contributed by atoms with Crippen molar-refractivity contribution in [3.05, 3.63) is 0 Å². The summed E-state index contributed by atoms with van der Waals surface area (Å²) in [6.45, 7) is 3.44. The van der Waals surface area contributed by atoms with Crippen molar-refractivity contribution in [3.8, 4) is 0 Å². The summed E-state index contributed by atoms with van der Waals surface area (Å²) >= 11 is 0. The summed E-state index contributed by atoms with van der Waals surface area (Å²) in [5.41, 5.74) is 0. The number of esters is 1. The van der Waals surface area contributed by atoms with Crippen LogP contribution < -0.4 is 5.32 Å². The lowest BCUT2D eigenvalue weighted by molar-refractivity contribution is -0.160. The third-order valence-electron chi connectivity index (χ3n) is 3.71. The molecule has 1 N–H and O–H groups in total. The van der Waals surface area contributed by atoms with Crippen molar-refractivity contribution in [2.75, 3.05) is 13.2 Å². The largest absolute Gasteiger partial charge is 0.465 e. The summed E-state index contributed by atoms with van der Waals surface area (Å²) < 4.78 is 4.83. The van der Waals surface area contributed by atoms with Crippen molar-refractivity contribution in [3.63, 3.8) is 0 Å². The molecule has 2 rings (SSSR count).